The van der Waals surface area contributed by atoms with Gasteiger partial charge in [0.25, 0.3) is 0 Å². The van der Waals surface area contributed by atoms with Crippen LogP contribution in [-0.2, 0) is 4.74 Å². The fourth-order valence-electron chi connectivity index (χ4n) is 2.44. The zero-order valence-corrected chi connectivity index (χ0v) is 14.6. The van der Waals surface area contributed by atoms with E-state index in [2.05, 4.69) is 36.4 Å². The second-order valence-corrected chi connectivity index (χ2v) is 5.89. The van der Waals surface area contributed by atoms with Gasteiger partial charge < -0.3 is 14.4 Å². The molecular weight excluding hydrogens is 322 g/mol. The van der Waals surface area contributed by atoms with Gasteiger partial charge in [0.15, 0.2) is 0 Å². The molecule has 1 aliphatic heterocycles. The van der Waals surface area contributed by atoms with E-state index in [-0.39, 0.29) is 0 Å². The summed E-state index contributed by atoms with van der Waals surface area (Å²) in [4.78, 5) is 15.2. The minimum absolute atomic E-state index is 0.711. The van der Waals surface area contributed by atoms with E-state index in [1.54, 1.807) is 18.7 Å². The molecule has 7 heteroatoms. The molecule has 3 rings (SSSR count). The van der Waals surface area contributed by atoms with Crippen LogP contribution in [0.3, 0.4) is 0 Å². The maximum Gasteiger partial charge on any atom is 0.148 e. The normalized spacial score (nSPS) is 14.0. The van der Waals surface area contributed by atoms with Crippen LogP contribution in [0.25, 0.3) is 0 Å². The van der Waals surface area contributed by atoms with Gasteiger partial charge in [0.1, 0.15) is 12.1 Å². The third-order valence-corrected chi connectivity index (χ3v) is 4.06. The Balaban J connectivity index is 1.91. The number of aromatic nitrogens is 3. The highest BCUT2D eigenvalue weighted by atomic mass is 32.2. The van der Waals surface area contributed by atoms with Crippen molar-refractivity contribution in [1.29, 1.82) is 0 Å². The van der Waals surface area contributed by atoms with Crippen LogP contribution in [0.4, 0.5) is 11.5 Å². The number of nitrogens with one attached hydrogen (secondary N) is 1. The second-order valence-electron chi connectivity index (χ2n) is 5.28. The molecular formula is C17H19N5OS. The summed E-state index contributed by atoms with van der Waals surface area (Å²) in [5, 5.41) is 0. The maximum atomic E-state index is 5.42. The highest BCUT2D eigenvalue weighted by molar-refractivity contribution is 7.99. The van der Waals surface area contributed by atoms with E-state index in [1.165, 1.54) is 11.9 Å². The molecule has 0 bridgehead atoms. The molecule has 0 unspecified atom stereocenters. The van der Waals surface area contributed by atoms with E-state index in [1.807, 2.05) is 19.2 Å². The molecule has 1 N–H and O–H groups in total. The molecule has 1 saturated heterocycles. The number of aryl methyl sites for hydroxylation is 1. The number of hydrogen-bond acceptors (Lipinski definition) is 7. The molecule has 1 fully saturated rings. The lowest BCUT2D eigenvalue weighted by Crippen LogP contribution is -2.37. The van der Waals surface area contributed by atoms with Gasteiger partial charge in [-0.2, -0.15) is 0 Å². The molecule has 0 amide bonds. The molecule has 6 nitrogen and oxygen atoms in total. The van der Waals surface area contributed by atoms with Crippen LogP contribution in [0.1, 0.15) is 16.8 Å². The molecule has 0 aliphatic carbocycles. The monoisotopic (exact) mass is 341 g/mol. The van der Waals surface area contributed by atoms with Crippen LogP contribution in [0.15, 0.2) is 24.8 Å². The Morgan fingerprint density at radius 1 is 1.21 bits per heavy atom. The van der Waals surface area contributed by atoms with E-state index in [9.17, 15) is 0 Å². The first-order valence-corrected chi connectivity index (χ1v) is 8.91. The van der Waals surface area contributed by atoms with Crippen LogP contribution in [0.5, 0.6) is 0 Å². The molecule has 3 heterocycles. The number of nitrogens with zero attached hydrogens (tertiary/aromatic N) is 4. The molecule has 0 saturated carbocycles. The summed E-state index contributed by atoms with van der Waals surface area (Å²) in [5.41, 5.74) is 3.53. The maximum absolute atomic E-state index is 5.42. The summed E-state index contributed by atoms with van der Waals surface area (Å²) in [6, 6.07) is 1.98. The molecule has 1 aliphatic rings. The average molecular weight is 341 g/mol. The van der Waals surface area contributed by atoms with Crippen molar-refractivity contribution in [2.75, 3.05) is 42.2 Å². The van der Waals surface area contributed by atoms with Gasteiger partial charge in [0.05, 0.1) is 36.4 Å². The molecule has 0 atom stereocenters. The van der Waals surface area contributed by atoms with Gasteiger partial charge in [0.2, 0.25) is 0 Å². The quantitative estimate of drug-likeness (QED) is 0.677. The number of hydrogen-bond donors (Lipinski definition) is 1. The predicted octanol–water partition coefficient (Wildman–Crippen LogP) is 2.11. The van der Waals surface area contributed by atoms with Crippen LogP contribution in [0.2, 0.25) is 0 Å². The summed E-state index contributed by atoms with van der Waals surface area (Å²) < 4.78 is 8.58. The van der Waals surface area contributed by atoms with Crippen molar-refractivity contribution >= 4 is 23.5 Å². The average Bonchev–Trinajstić information content (AvgIpc) is 2.62. The number of morpholine rings is 1. The Morgan fingerprint density at radius 3 is 2.83 bits per heavy atom. The summed E-state index contributed by atoms with van der Waals surface area (Å²) >= 11 is 1.52. The summed E-state index contributed by atoms with van der Waals surface area (Å²) in [7, 11) is 0. The Morgan fingerprint density at radius 2 is 2.04 bits per heavy atom. The molecule has 124 valence electrons. The highest BCUT2D eigenvalue weighted by Crippen LogP contribution is 2.20. The van der Waals surface area contributed by atoms with Gasteiger partial charge >= 0.3 is 0 Å². The van der Waals surface area contributed by atoms with Crippen LogP contribution < -0.4 is 9.62 Å². The molecule has 24 heavy (non-hydrogen) atoms. The molecule has 0 spiro atoms. The smallest absolute Gasteiger partial charge is 0.148 e. The zero-order valence-electron chi connectivity index (χ0n) is 13.7. The fourth-order valence-corrected chi connectivity index (χ4v) is 2.79. The lowest BCUT2D eigenvalue weighted by Gasteiger charge is -2.28. The topological polar surface area (TPSA) is 63.2 Å². The largest absolute Gasteiger partial charge is 0.378 e. The Hall–Kier alpha value is -2.30. The zero-order chi connectivity index (χ0) is 16.8. The minimum Gasteiger partial charge on any atom is -0.378 e. The van der Waals surface area contributed by atoms with Crippen molar-refractivity contribution in [2.24, 2.45) is 0 Å². The van der Waals surface area contributed by atoms with Crippen LogP contribution in [0, 0.1) is 18.8 Å². The first-order chi connectivity index (χ1) is 11.8. The van der Waals surface area contributed by atoms with Crippen molar-refractivity contribution in [3.63, 3.8) is 0 Å². The lowest BCUT2D eigenvalue weighted by atomic mass is 10.2. The van der Waals surface area contributed by atoms with Gasteiger partial charge in [-0.25, -0.2) is 9.97 Å². The van der Waals surface area contributed by atoms with E-state index in [0.717, 1.165) is 41.4 Å². The number of ether oxygens (including phenoxy) is 1. The van der Waals surface area contributed by atoms with Gasteiger partial charge in [-0.1, -0.05) is 23.8 Å². The Bertz CT molecular complexity index is 765. The van der Waals surface area contributed by atoms with Gasteiger partial charge in [-0.15, -0.1) is 0 Å². The highest BCUT2D eigenvalue weighted by Gasteiger charge is 2.17. The van der Waals surface area contributed by atoms with E-state index < -0.39 is 0 Å². The molecule has 2 aromatic heterocycles. The molecule has 0 aromatic carbocycles. The third kappa shape index (κ3) is 3.96. The minimum atomic E-state index is 0.711. The second kappa shape index (κ2) is 7.99. The number of rotatable bonds is 3. The van der Waals surface area contributed by atoms with Crippen molar-refractivity contribution in [1.82, 2.24) is 15.0 Å². The van der Waals surface area contributed by atoms with Gasteiger partial charge in [0, 0.05) is 31.1 Å². The molecule has 2 aromatic rings. The first kappa shape index (κ1) is 16.6. The van der Waals surface area contributed by atoms with Gasteiger partial charge in [-0.3, -0.25) is 4.98 Å². The van der Waals surface area contributed by atoms with Gasteiger partial charge in [-0.05, 0) is 13.0 Å². The predicted molar refractivity (Wildman–Crippen MR) is 97.2 cm³/mol. The van der Waals surface area contributed by atoms with Crippen molar-refractivity contribution < 1.29 is 4.74 Å². The number of anilines is 2. The summed E-state index contributed by atoms with van der Waals surface area (Å²) in [6.45, 7) is 5.02. The Kier molecular flexibility index (Phi) is 5.51. The van der Waals surface area contributed by atoms with Crippen LogP contribution in [-0.4, -0.2) is 47.5 Å². The van der Waals surface area contributed by atoms with E-state index >= 15 is 0 Å². The summed E-state index contributed by atoms with van der Waals surface area (Å²) in [6.07, 6.45) is 7.09. The fraction of sp³-hybridized carbons (Fsp3) is 0.353. The summed E-state index contributed by atoms with van der Waals surface area (Å²) in [5.74, 6) is 7.29. The van der Waals surface area contributed by atoms with E-state index in [0.29, 0.717) is 13.2 Å². The van der Waals surface area contributed by atoms with Crippen molar-refractivity contribution in [3.05, 3.63) is 41.6 Å². The van der Waals surface area contributed by atoms with Crippen LogP contribution >= 0.6 is 11.9 Å². The standard InChI is InChI=1S/C17H19N5OS/c1-13-16(4-3-14-9-15(21-24-2)11-18-10-14)17(20-12-19-13)22-5-7-23-8-6-22/h9-12,21H,5-8H2,1-2H3. The number of pyridine rings is 1. The first-order valence-electron chi connectivity index (χ1n) is 7.68. The van der Waals surface area contributed by atoms with Crippen molar-refractivity contribution in [2.45, 2.75) is 6.92 Å². The Labute approximate surface area is 146 Å². The third-order valence-electron chi connectivity index (χ3n) is 3.62. The van der Waals surface area contributed by atoms with Crippen molar-refractivity contribution in [3.8, 4) is 11.8 Å². The SMILES string of the molecule is CSNc1cncc(C#Cc2c(C)ncnc2N2CCOCC2)c1. The molecule has 0 radical (unpaired) electrons. The van der Waals surface area contributed by atoms with E-state index in [4.69, 9.17) is 4.74 Å². The lowest BCUT2D eigenvalue weighted by molar-refractivity contribution is 0.122.